The van der Waals surface area contributed by atoms with E-state index in [2.05, 4.69) is 5.92 Å². The molecule has 0 rings (SSSR count). The Morgan fingerprint density at radius 1 is 1.54 bits per heavy atom. The lowest BCUT2D eigenvalue weighted by Crippen LogP contribution is -2.35. The van der Waals surface area contributed by atoms with Crippen molar-refractivity contribution in [3.8, 4) is 12.3 Å². The second-order valence-electron chi connectivity index (χ2n) is 3.62. The number of rotatable bonds is 6. The average molecular weight is 186 g/mol. The highest BCUT2D eigenvalue weighted by atomic mass is 16.7. The van der Waals surface area contributed by atoms with Crippen molar-refractivity contribution in [1.29, 1.82) is 0 Å². The van der Waals surface area contributed by atoms with Crippen molar-refractivity contribution in [3.05, 3.63) is 0 Å². The number of hydrogen-bond donors (Lipinski definition) is 1. The SMILES string of the molecule is C#CCC(OCOC)C(C)(C)CO. The highest BCUT2D eigenvalue weighted by molar-refractivity contribution is 4.92. The van der Waals surface area contributed by atoms with Gasteiger partial charge in [0.25, 0.3) is 0 Å². The zero-order valence-electron chi connectivity index (χ0n) is 8.54. The zero-order valence-corrected chi connectivity index (χ0v) is 8.54. The van der Waals surface area contributed by atoms with Gasteiger partial charge < -0.3 is 14.6 Å². The summed E-state index contributed by atoms with van der Waals surface area (Å²) in [5.41, 5.74) is -0.328. The van der Waals surface area contributed by atoms with Crippen LogP contribution >= 0.6 is 0 Å². The normalized spacial score (nSPS) is 13.8. The van der Waals surface area contributed by atoms with E-state index in [1.807, 2.05) is 13.8 Å². The Hall–Kier alpha value is -0.560. The Kier molecular flexibility index (Phi) is 5.72. The van der Waals surface area contributed by atoms with E-state index >= 15 is 0 Å². The molecule has 0 aromatic rings. The number of methoxy groups -OCH3 is 1. The molecule has 1 atom stereocenters. The largest absolute Gasteiger partial charge is 0.396 e. The first-order valence-electron chi connectivity index (χ1n) is 4.23. The van der Waals surface area contributed by atoms with Gasteiger partial charge >= 0.3 is 0 Å². The third-order valence-electron chi connectivity index (χ3n) is 1.97. The van der Waals surface area contributed by atoms with Gasteiger partial charge in [-0.15, -0.1) is 12.3 Å². The Bertz CT molecular complexity index is 169. The minimum atomic E-state index is -0.328. The summed E-state index contributed by atoms with van der Waals surface area (Å²) < 4.78 is 10.1. The first-order valence-corrected chi connectivity index (χ1v) is 4.23. The monoisotopic (exact) mass is 186 g/mol. The van der Waals surface area contributed by atoms with E-state index in [-0.39, 0.29) is 24.9 Å². The van der Waals surface area contributed by atoms with E-state index in [0.29, 0.717) is 6.42 Å². The third kappa shape index (κ3) is 4.28. The summed E-state index contributed by atoms with van der Waals surface area (Å²) in [7, 11) is 1.55. The molecule has 0 radical (unpaired) electrons. The van der Waals surface area contributed by atoms with Crippen LogP contribution in [-0.2, 0) is 9.47 Å². The molecular formula is C10H18O3. The van der Waals surface area contributed by atoms with E-state index in [4.69, 9.17) is 21.0 Å². The van der Waals surface area contributed by atoms with E-state index < -0.39 is 0 Å². The lowest BCUT2D eigenvalue weighted by atomic mass is 9.86. The molecule has 1 N–H and O–H groups in total. The fourth-order valence-electron chi connectivity index (χ4n) is 0.920. The zero-order chi connectivity index (χ0) is 10.3. The smallest absolute Gasteiger partial charge is 0.146 e. The molecule has 0 spiro atoms. The van der Waals surface area contributed by atoms with Gasteiger partial charge in [-0.25, -0.2) is 0 Å². The van der Waals surface area contributed by atoms with Gasteiger partial charge in [-0.1, -0.05) is 13.8 Å². The molecule has 0 fully saturated rings. The molecule has 0 saturated heterocycles. The van der Waals surface area contributed by atoms with Crippen LogP contribution in [0.4, 0.5) is 0 Å². The summed E-state index contributed by atoms with van der Waals surface area (Å²) >= 11 is 0. The van der Waals surface area contributed by atoms with Gasteiger partial charge in [0.1, 0.15) is 6.79 Å². The molecule has 0 amide bonds. The standard InChI is InChI=1S/C10H18O3/c1-5-6-9(13-8-12-4)10(2,3)7-11/h1,9,11H,6-8H2,2-4H3. The number of ether oxygens (including phenoxy) is 2. The second kappa shape index (κ2) is 5.98. The lowest BCUT2D eigenvalue weighted by Gasteiger charge is -2.30. The van der Waals surface area contributed by atoms with Crippen LogP contribution in [0.5, 0.6) is 0 Å². The molecule has 0 aliphatic rings. The summed E-state index contributed by atoms with van der Waals surface area (Å²) in [6, 6.07) is 0. The summed E-state index contributed by atoms with van der Waals surface area (Å²) in [5, 5.41) is 9.10. The van der Waals surface area contributed by atoms with Crippen LogP contribution in [0, 0.1) is 17.8 Å². The topological polar surface area (TPSA) is 38.7 Å². The number of terminal acetylenes is 1. The van der Waals surface area contributed by atoms with Crippen LogP contribution in [0.15, 0.2) is 0 Å². The first kappa shape index (κ1) is 12.4. The summed E-state index contributed by atoms with van der Waals surface area (Å²) in [4.78, 5) is 0. The van der Waals surface area contributed by atoms with Crippen molar-refractivity contribution in [1.82, 2.24) is 0 Å². The van der Waals surface area contributed by atoms with Gasteiger partial charge in [-0.3, -0.25) is 0 Å². The number of aliphatic hydroxyl groups excluding tert-OH is 1. The van der Waals surface area contributed by atoms with Gasteiger partial charge in [0.2, 0.25) is 0 Å². The Morgan fingerprint density at radius 3 is 2.54 bits per heavy atom. The lowest BCUT2D eigenvalue weighted by molar-refractivity contribution is -0.118. The molecule has 0 aliphatic carbocycles. The molecule has 0 aliphatic heterocycles. The van der Waals surface area contributed by atoms with Crippen LogP contribution < -0.4 is 0 Å². The van der Waals surface area contributed by atoms with Crippen LogP contribution in [0.3, 0.4) is 0 Å². The minimum Gasteiger partial charge on any atom is -0.396 e. The molecule has 0 aromatic heterocycles. The molecule has 3 nitrogen and oxygen atoms in total. The molecule has 0 aromatic carbocycles. The van der Waals surface area contributed by atoms with E-state index in [9.17, 15) is 0 Å². The van der Waals surface area contributed by atoms with Crippen LogP contribution in [0.1, 0.15) is 20.3 Å². The Morgan fingerprint density at radius 2 is 2.15 bits per heavy atom. The molecule has 0 bridgehead atoms. The van der Waals surface area contributed by atoms with Crippen molar-refractivity contribution in [3.63, 3.8) is 0 Å². The maximum absolute atomic E-state index is 9.10. The average Bonchev–Trinajstić information content (AvgIpc) is 2.12. The molecule has 13 heavy (non-hydrogen) atoms. The predicted molar refractivity (Wildman–Crippen MR) is 51.1 cm³/mol. The first-order chi connectivity index (χ1) is 6.08. The summed E-state index contributed by atoms with van der Waals surface area (Å²) in [5.74, 6) is 2.53. The van der Waals surface area contributed by atoms with Gasteiger partial charge in [0.05, 0.1) is 12.7 Å². The molecular weight excluding hydrogens is 168 g/mol. The fraction of sp³-hybridized carbons (Fsp3) is 0.800. The van der Waals surface area contributed by atoms with Crippen LogP contribution in [-0.4, -0.2) is 31.7 Å². The Labute approximate surface area is 80.0 Å². The quantitative estimate of drug-likeness (QED) is 0.497. The second-order valence-corrected chi connectivity index (χ2v) is 3.62. The van der Waals surface area contributed by atoms with E-state index in [1.54, 1.807) is 7.11 Å². The molecule has 76 valence electrons. The van der Waals surface area contributed by atoms with E-state index in [1.165, 1.54) is 0 Å². The van der Waals surface area contributed by atoms with E-state index in [0.717, 1.165) is 0 Å². The molecule has 0 heterocycles. The highest BCUT2D eigenvalue weighted by Crippen LogP contribution is 2.24. The molecule has 1 unspecified atom stereocenters. The fourth-order valence-corrected chi connectivity index (χ4v) is 0.920. The number of hydrogen-bond acceptors (Lipinski definition) is 3. The van der Waals surface area contributed by atoms with Crippen molar-refractivity contribution >= 4 is 0 Å². The van der Waals surface area contributed by atoms with Gasteiger partial charge in [-0.05, 0) is 0 Å². The van der Waals surface area contributed by atoms with Gasteiger partial charge in [-0.2, -0.15) is 0 Å². The Balaban J connectivity index is 4.15. The van der Waals surface area contributed by atoms with Crippen molar-refractivity contribution in [2.75, 3.05) is 20.5 Å². The molecule has 0 saturated carbocycles. The van der Waals surface area contributed by atoms with Gasteiger partial charge in [0, 0.05) is 18.9 Å². The third-order valence-corrected chi connectivity index (χ3v) is 1.97. The summed E-state index contributed by atoms with van der Waals surface area (Å²) in [6.45, 7) is 4.06. The minimum absolute atomic E-state index is 0.0447. The predicted octanol–water partition coefficient (Wildman–Crippen LogP) is 1.02. The highest BCUT2D eigenvalue weighted by Gasteiger charge is 2.28. The van der Waals surface area contributed by atoms with Crippen molar-refractivity contribution in [2.45, 2.75) is 26.4 Å². The number of aliphatic hydroxyl groups is 1. The maximum Gasteiger partial charge on any atom is 0.146 e. The van der Waals surface area contributed by atoms with Crippen LogP contribution in [0.2, 0.25) is 0 Å². The summed E-state index contributed by atoms with van der Waals surface area (Å²) in [6.07, 6.45) is 5.52. The van der Waals surface area contributed by atoms with Crippen molar-refractivity contribution < 1.29 is 14.6 Å². The van der Waals surface area contributed by atoms with Crippen LogP contribution in [0.25, 0.3) is 0 Å². The maximum atomic E-state index is 9.10. The molecule has 3 heteroatoms. The van der Waals surface area contributed by atoms with Crippen molar-refractivity contribution in [2.24, 2.45) is 5.41 Å². The van der Waals surface area contributed by atoms with Gasteiger partial charge in [0.15, 0.2) is 0 Å².